The predicted octanol–water partition coefficient (Wildman–Crippen LogP) is 3.57. The zero-order chi connectivity index (χ0) is 22.9. The quantitative estimate of drug-likeness (QED) is 0.364. The molecule has 0 spiro atoms. The van der Waals surface area contributed by atoms with E-state index in [0.29, 0.717) is 22.9 Å². The summed E-state index contributed by atoms with van der Waals surface area (Å²) in [6.07, 6.45) is 10.7. The lowest BCUT2D eigenvalue weighted by atomic mass is 10.1. The maximum Gasteiger partial charge on any atom is 0.164 e. The Labute approximate surface area is 187 Å². The van der Waals surface area contributed by atoms with Gasteiger partial charge >= 0.3 is 0 Å². The Bertz CT molecular complexity index is 1200. The van der Waals surface area contributed by atoms with Crippen LogP contribution in [0.15, 0.2) is 42.6 Å². The largest absolute Gasteiger partial charge is 0.401 e. The highest BCUT2D eigenvalue weighted by Crippen LogP contribution is 2.40. The van der Waals surface area contributed by atoms with Crippen molar-refractivity contribution >= 4 is 22.4 Å². The van der Waals surface area contributed by atoms with E-state index in [0.717, 1.165) is 48.1 Å². The fourth-order valence-corrected chi connectivity index (χ4v) is 3.41. The normalized spacial score (nSPS) is 15.1. The van der Waals surface area contributed by atoms with Crippen LogP contribution in [0.25, 0.3) is 16.9 Å². The smallest absolute Gasteiger partial charge is 0.164 e. The van der Waals surface area contributed by atoms with Crippen molar-refractivity contribution in [2.24, 2.45) is 17.5 Å². The van der Waals surface area contributed by atoms with E-state index >= 15 is 0 Å². The molecule has 1 aliphatic rings. The fraction of sp³-hybridized carbons (Fsp3) is 0.391. The number of nitriles is 1. The van der Waals surface area contributed by atoms with Crippen molar-refractivity contribution in [1.82, 2.24) is 19.7 Å². The van der Waals surface area contributed by atoms with E-state index in [9.17, 15) is 0 Å². The molecule has 1 fully saturated rings. The summed E-state index contributed by atoms with van der Waals surface area (Å²) in [5, 5.41) is 19.4. The summed E-state index contributed by atoms with van der Waals surface area (Å²) in [4.78, 5) is 8.98. The summed E-state index contributed by atoms with van der Waals surface area (Å²) < 4.78 is 1.66. The molecular weight excluding hydrogens is 402 g/mol. The van der Waals surface area contributed by atoms with Crippen molar-refractivity contribution < 1.29 is 0 Å². The molecule has 0 unspecified atom stereocenters. The maximum atomic E-state index is 9.11. The number of nitrogens with zero attached hydrogens (tertiary/aromatic N) is 6. The van der Waals surface area contributed by atoms with Crippen molar-refractivity contribution in [2.45, 2.75) is 52.0 Å². The van der Waals surface area contributed by atoms with Gasteiger partial charge in [-0.05, 0) is 44.6 Å². The van der Waals surface area contributed by atoms with Crippen LogP contribution in [0, 0.1) is 17.2 Å². The van der Waals surface area contributed by atoms with Gasteiger partial charge in [0.1, 0.15) is 6.07 Å². The molecule has 4 rings (SSSR count). The molecule has 0 atom stereocenters. The lowest BCUT2D eigenvalue weighted by Crippen LogP contribution is -2.28. The minimum absolute atomic E-state index is 0.0350. The molecule has 0 saturated heterocycles. The molecule has 0 aromatic carbocycles. The Morgan fingerprint density at radius 3 is 2.78 bits per heavy atom. The van der Waals surface area contributed by atoms with Crippen molar-refractivity contribution in [3.05, 3.63) is 48.2 Å². The van der Waals surface area contributed by atoms with Gasteiger partial charge in [0.2, 0.25) is 0 Å². The molecule has 166 valence electrons. The first kappa shape index (κ1) is 21.6. The summed E-state index contributed by atoms with van der Waals surface area (Å²) in [5.74, 6) is 7.55. The second-order valence-electron chi connectivity index (χ2n) is 9.09. The summed E-state index contributed by atoms with van der Waals surface area (Å²) in [6.45, 7) is 6.52. The number of rotatable bonds is 8. The van der Waals surface area contributed by atoms with Gasteiger partial charge in [0.25, 0.3) is 0 Å². The first-order chi connectivity index (χ1) is 15.3. The molecular formula is C23H29N9. The zero-order valence-corrected chi connectivity index (χ0v) is 18.7. The fourth-order valence-electron chi connectivity index (χ4n) is 3.41. The number of anilines is 2. The van der Waals surface area contributed by atoms with E-state index in [-0.39, 0.29) is 5.54 Å². The molecule has 9 nitrogen and oxygen atoms in total. The van der Waals surface area contributed by atoms with Crippen molar-refractivity contribution in [1.29, 1.82) is 5.26 Å². The lowest BCUT2D eigenvalue weighted by molar-refractivity contribution is 0.582. The topological polar surface area (TPSA) is 135 Å². The molecule has 0 radical (unpaired) electrons. The monoisotopic (exact) mass is 431 g/mol. The summed E-state index contributed by atoms with van der Waals surface area (Å²) in [6, 6.07) is 5.78. The number of allylic oxidation sites excluding steroid dienone is 1. The second-order valence-corrected chi connectivity index (χ2v) is 9.09. The first-order valence-corrected chi connectivity index (χ1v) is 10.8. The number of fused-ring (bicyclic) bond motifs is 1. The van der Waals surface area contributed by atoms with E-state index in [1.165, 1.54) is 11.2 Å². The van der Waals surface area contributed by atoms with Gasteiger partial charge in [-0.2, -0.15) is 15.0 Å². The van der Waals surface area contributed by atoms with Crippen LogP contribution >= 0.6 is 0 Å². The van der Waals surface area contributed by atoms with Crippen LogP contribution < -0.4 is 21.9 Å². The Hall–Kier alpha value is -3.64. The van der Waals surface area contributed by atoms with Gasteiger partial charge in [-0.25, -0.2) is 15.8 Å². The van der Waals surface area contributed by atoms with Crippen LogP contribution in [-0.2, 0) is 0 Å². The highest BCUT2D eigenvalue weighted by molar-refractivity contribution is 5.78. The maximum absolute atomic E-state index is 9.11. The molecule has 32 heavy (non-hydrogen) atoms. The minimum Gasteiger partial charge on any atom is -0.401 e. The van der Waals surface area contributed by atoms with E-state index in [1.54, 1.807) is 29.3 Å². The molecule has 3 aromatic heterocycles. The minimum atomic E-state index is 0.0350. The molecule has 3 aromatic rings. The van der Waals surface area contributed by atoms with Crippen molar-refractivity contribution in [3.63, 3.8) is 0 Å². The Balaban J connectivity index is 1.69. The summed E-state index contributed by atoms with van der Waals surface area (Å²) >= 11 is 0. The molecule has 0 aliphatic heterocycles. The van der Waals surface area contributed by atoms with Gasteiger partial charge in [-0.3, -0.25) is 5.01 Å². The van der Waals surface area contributed by atoms with E-state index in [2.05, 4.69) is 47.2 Å². The average Bonchev–Trinajstić information content (AvgIpc) is 3.33. The highest BCUT2D eigenvalue weighted by atomic mass is 15.4. The number of nitrogens with two attached hydrogens (primary N) is 2. The lowest BCUT2D eigenvalue weighted by Gasteiger charge is -2.23. The molecule has 0 bridgehead atoms. The number of hydrogen-bond acceptors (Lipinski definition) is 8. The number of pyridine rings is 2. The van der Waals surface area contributed by atoms with Crippen LogP contribution in [0.4, 0.5) is 11.4 Å². The highest BCUT2D eigenvalue weighted by Gasteiger charge is 2.38. The van der Waals surface area contributed by atoms with Crippen LogP contribution in [0.3, 0.4) is 0 Å². The second kappa shape index (κ2) is 8.48. The third-order valence-electron chi connectivity index (χ3n) is 5.65. The van der Waals surface area contributed by atoms with E-state index < -0.39 is 0 Å². The Morgan fingerprint density at radius 2 is 2.09 bits per heavy atom. The average molecular weight is 432 g/mol. The number of aromatic nitrogens is 4. The van der Waals surface area contributed by atoms with Gasteiger partial charge in [0.15, 0.2) is 11.5 Å². The molecule has 0 amide bonds. The number of nitrogens with one attached hydrogen (secondary N) is 1. The Morgan fingerprint density at radius 1 is 1.31 bits per heavy atom. The van der Waals surface area contributed by atoms with Crippen LogP contribution in [0.2, 0.25) is 0 Å². The van der Waals surface area contributed by atoms with Crippen LogP contribution in [0.1, 0.15) is 52.0 Å². The SMILES string of the molecule is CC(C)CC/C(N)=C/N(N)c1cnc(-n2ncc3cc(C#N)cnc32)cc1NC1(C)CC1. The third kappa shape index (κ3) is 4.65. The molecule has 3 heterocycles. The molecule has 1 aliphatic carbocycles. The number of hydrogen-bond donors (Lipinski definition) is 3. The van der Waals surface area contributed by atoms with E-state index in [4.69, 9.17) is 16.8 Å². The van der Waals surface area contributed by atoms with Crippen LogP contribution in [0.5, 0.6) is 0 Å². The standard InChI is InChI=1S/C23H29N9/c1-15(2)4-5-18(25)14-31(26)20-13-27-21(9-19(20)30-23(3)6-7-23)32-22-17(12-29-32)8-16(10-24)11-28-22/h8-9,11-15H,4-7,25-26H2,1-3H3,(H,27,30)/b18-14-. The van der Waals surface area contributed by atoms with Crippen molar-refractivity contribution in [2.75, 3.05) is 10.3 Å². The van der Waals surface area contributed by atoms with Gasteiger partial charge in [0.05, 0.1) is 29.3 Å². The first-order valence-electron chi connectivity index (χ1n) is 10.8. The molecule has 5 N–H and O–H groups in total. The predicted molar refractivity (Wildman–Crippen MR) is 126 cm³/mol. The summed E-state index contributed by atoms with van der Waals surface area (Å²) in [7, 11) is 0. The van der Waals surface area contributed by atoms with Crippen molar-refractivity contribution in [3.8, 4) is 11.9 Å². The summed E-state index contributed by atoms with van der Waals surface area (Å²) in [5.41, 5.74) is 9.66. The van der Waals surface area contributed by atoms with Crippen LogP contribution in [-0.4, -0.2) is 25.3 Å². The van der Waals surface area contributed by atoms with Gasteiger partial charge in [-0.15, -0.1) is 0 Å². The third-order valence-corrected chi connectivity index (χ3v) is 5.65. The Kier molecular flexibility index (Phi) is 5.72. The van der Waals surface area contributed by atoms with Gasteiger partial charge < -0.3 is 11.1 Å². The van der Waals surface area contributed by atoms with Gasteiger partial charge in [0, 0.05) is 35.1 Å². The zero-order valence-electron chi connectivity index (χ0n) is 18.7. The molecule has 1 saturated carbocycles. The molecule has 9 heteroatoms. The number of hydrazine groups is 1. The van der Waals surface area contributed by atoms with Gasteiger partial charge in [-0.1, -0.05) is 13.8 Å². The van der Waals surface area contributed by atoms with E-state index in [1.807, 2.05) is 6.07 Å².